The number of hydrogen-bond donors (Lipinski definition) is 0. The minimum atomic E-state index is -0.234. The minimum absolute atomic E-state index is 0.234. The van der Waals surface area contributed by atoms with Crippen molar-refractivity contribution in [3.63, 3.8) is 0 Å². The Morgan fingerprint density at radius 1 is 0.607 bits per heavy atom. The average molecular weight is 970 g/mol. The molecule has 0 radical (unpaired) electrons. The van der Waals surface area contributed by atoms with Crippen LogP contribution in [-0.4, -0.2) is 18.5 Å². The third kappa shape index (κ3) is 6.78. The monoisotopic (exact) mass is 969 g/mol. The first-order valence-corrected chi connectivity index (χ1v) is 22.1. The van der Waals surface area contributed by atoms with Crippen molar-refractivity contribution >= 4 is 27.3 Å². The number of imidazole rings is 1. The van der Waals surface area contributed by atoms with E-state index < -0.39 is 0 Å². The molecule has 4 aliphatic rings. The predicted octanol–water partition coefficient (Wildman–Crippen LogP) is 12.6. The van der Waals surface area contributed by atoms with Crippen LogP contribution in [0.2, 0.25) is 0 Å². The van der Waals surface area contributed by atoms with E-state index in [9.17, 15) is 0 Å². The van der Waals surface area contributed by atoms with E-state index in [2.05, 4.69) is 205 Å². The zero-order valence-electron chi connectivity index (χ0n) is 34.0. The molecule has 4 bridgehead atoms. The van der Waals surface area contributed by atoms with Crippen LogP contribution in [0, 0.1) is 15.9 Å². The Balaban J connectivity index is 0.997. The summed E-state index contributed by atoms with van der Waals surface area (Å²) in [6, 6.07) is 63.7. The molecule has 6 heteroatoms. The van der Waals surface area contributed by atoms with Crippen molar-refractivity contribution in [1.29, 1.82) is 0 Å². The van der Waals surface area contributed by atoms with Gasteiger partial charge in [-0.1, -0.05) is 80.6 Å². The van der Waals surface area contributed by atoms with Crippen LogP contribution in [0.3, 0.4) is 0 Å². The van der Waals surface area contributed by atoms with Crippen molar-refractivity contribution in [3.8, 4) is 34.1 Å². The number of hydrogen-bond acceptors (Lipinski definition) is 2. The summed E-state index contributed by atoms with van der Waals surface area (Å²) in [5, 5.41) is 2.21. The first-order chi connectivity index (χ1) is 29.9. The van der Waals surface area contributed by atoms with E-state index in [1.54, 1.807) is 0 Å². The molecular weight excluding hydrogens is 928 g/mol. The van der Waals surface area contributed by atoms with Gasteiger partial charge in [0.2, 0.25) is 0 Å². The molecule has 14 rings (SSSR count). The summed E-state index contributed by atoms with van der Waals surface area (Å²) in [4.78, 5) is 5.00. The maximum absolute atomic E-state index is 6.68. The molecule has 0 spiro atoms. The van der Waals surface area contributed by atoms with Crippen LogP contribution < -0.4 is 4.74 Å². The molecule has 0 fully saturated rings. The van der Waals surface area contributed by atoms with Gasteiger partial charge in [0.1, 0.15) is 0 Å². The van der Waals surface area contributed by atoms with Crippen molar-refractivity contribution < 1.29 is 24.1 Å². The summed E-state index contributed by atoms with van der Waals surface area (Å²) in [5.41, 5.74) is 14.1. The number of aryl methyl sites for hydroxylation is 4. The fourth-order valence-corrected chi connectivity index (χ4v) is 10.0. The van der Waals surface area contributed by atoms with Crippen LogP contribution in [0.25, 0.3) is 50.0 Å². The molecule has 5 nitrogen and oxygen atoms in total. The van der Waals surface area contributed by atoms with Crippen LogP contribution in [0.1, 0.15) is 47.4 Å². The zero-order valence-corrected chi connectivity index (χ0v) is 36.3. The standard InChI is InChI=1S/C55H42N4O.Pt/c1-55(2,43-12-7-4-8-13-43)44-30-31-56-54(33-44)59-51-29-24-42(40-10-5-3-6-11-40)32-50(51)49-28-27-48(35-52(49)59)60-47-15-9-14-46(34-47)57-36-53-41-22-20-38-16-18-39(19-17-38)21-25-45(26-23-41)58(53)37-57;/h3-19,23-24,26-33,36H,20-22,25H2,1-2H3;/q-2;. The molecule has 0 saturated carbocycles. The molecule has 6 aromatic carbocycles. The van der Waals surface area contributed by atoms with Crippen LogP contribution in [0.5, 0.6) is 11.5 Å². The van der Waals surface area contributed by atoms with Gasteiger partial charge >= 0.3 is 248 Å². The summed E-state index contributed by atoms with van der Waals surface area (Å²) in [6.07, 6.45) is 8.14. The predicted molar refractivity (Wildman–Crippen MR) is 242 cm³/mol. The quantitative estimate of drug-likeness (QED) is 0.149. The van der Waals surface area contributed by atoms with Crippen LogP contribution in [0.4, 0.5) is 0 Å². The Kier molecular flexibility index (Phi) is 9.31. The van der Waals surface area contributed by atoms with Gasteiger partial charge in [-0.05, 0) is 28.3 Å². The number of ether oxygens (including phenoxy) is 1. The number of nitrogens with zero attached hydrogens (tertiary/aromatic N) is 4. The molecule has 10 aromatic rings. The van der Waals surface area contributed by atoms with Gasteiger partial charge in [0.15, 0.2) is 0 Å². The molecule has 0 unspecified atom stereocenters. The molecule has 0 amide bonds. The molecule has 4 aromatic heterocycles. The topological polar surface area (TPSA) is 36.4 Å². The maximum atomic E-state index is 6.68. The van der Waals surface area contributed by atoms with E-state index in [-0.39, 0.29) is 5.41 Å². The Hall–Kier alpha value is -6.55. The second-order valence-electron chi connectivity index (χ2n) is 16.5. The molecule has 0 atom stereocenters. The van der Waals surface area contributed by atoms with Gasteiger partial charge in [-0.3, -0.25) is 0 Å². The van der Waals surface area contributed by atoms with Gasteiger partial charge in [0.25, 0.3) is 0 Å². The fourth-order valence-electron chi connectivity index (χ4n) is 9.01. The Morgan fingerprint density at radius 2 is 1.36 bits per heavy atom. The van der Waals surface area contributed by atoms with Crippen LogP contribution in [0.15, 0.2) is 170 Å². The molecule has 2 aliphatic heterocycles. The third-order valence-corrected chi connectivity index (χ3v) is 13.6. The van der Waals surface area contributed by atoms with E-state index in [4.69, 9.17) is 9.72 Å². The van der Waals surface area contributed by atoms with Gasteiger partial charge in [-0.2, -0.15) is 0 Å². The van der Waals surface area contributed by atoms with Gasteiger partial charge in [0, 0.05) is 11.6 Å². The van der Waals surface area contributed by atoms with Gasteiger partial charge in [0.05, 0.1) is 0 Å². The van der Waals surface area contributed by atoms with E-state index in [0.717, 1.165) is 68.4 Å². The van der Waals surface area contributed by atoms with Crippen molar-refractivity contribution in [3.05, 3.63) is 220 Å². The molecule has 2 aliphatic carbocycles. The van der Waals surface area contributed by atoms with E-state index in [1.807, 2.05) is 24.4 Å². The first-order valence-electron chi connectivity index (χ1n) is 20.9. The van der Waals surface area contributed by atoms with Crippen molar-refractivity contribution in [2.24, 2.45) is 0 Å². The van der Waals surface area contributed by atoms with Crippen molar-refractivity contribution in [1.82, 2.24) is 18.5 Å². The molecular formula is C55H42N4OPt-2. The SMILES string of the molecule is CC(C)(c1ccccc1)c1ccnc(-n2c3[c-]c(Oc4[c-]c(-n5cc6c7ccc(n6[c]5=[Pt])CCc5ccc(cc5)CC7)ccc4)ccc3c3cc(-c4ccccc4)ccc32)c1. The third-order valence-electron chi connectivity index (χ3n) is 12.5. The number of aromatic nitrogens is 4. The second kappa shape index (κ2) is 15.2. The number of pyridine rings is 2. The molecule has 0 saturated heterocycles. The van der Waals surface area contributed by atoms with E-state index in [1.165, 1.54) is 44.6 Å². The molecule has 0 N–H and O–H groups in total. The van der Waals surface area contributed by atoms with E-state index in [0.29, 0.717) is 11.5 Å². The normalized spacial score (nSPS) is 12.9. The summed E-state index contributed by atoms with van der Waals surface area (Å²) in [6.45, 7) is 4.54. The van der Waals surface area contributed by atoms with Crippen molar-refractivity contribution in [2.75, 3.05) is 0 Å². The van der Waals surface area contributed by atoms with Crippen LogP contribution in [-0.2, 0) is 50.5 Å². The van der Waals surface area contributed by atoms with Crippen LogP contribution >= 0.6 is 0 Å². The van der Waals surface area contributed by atoms with E-state index >= 15 is 0 Å². The molecule has 300 valence electrons. The Morgan fingerprint density at radius 3 is 2.16 bits per heavy atom. The molecule has 6 heterocycles. The second-order valence-corrected chi connectivity index (χ2v) is 17.6. The Labute approximate surface area is 366 Å². The summed E-state index contributed by atoms with van der Waals surface area (Å²) < 4.78 is 14.7. The first kappa shape index (κ1) is 37.4. The van der Waals surface area contributed by atoms with Crippen molar-refractivity contribution in [2.45, 2.75) is 44.9 Å². The number of benzene rings is 6. The Bertz CT molecular complexity index is 3320. The fraction of sp³-hybridized carbons (Fsp3) is 0.127. The number of fused-ring (bicyclic) bond motifs is 3. The average Bonchev–Trinajstić information content (AvgIpc) is 3.82. The zero-order chi connectivity index (χ0) is 41.1. The van der Waals surface area contributed by atoms with Gasteiger partial charge in [-0.15, -0.1) is 0 Å². The van der Waals surface area contributed by atoms with Gasteiger partial charge in [-0.25, -0.2) is 0 Å². The summed E-state index contributed by atoms with van der Waals surface area (Å²) in [7, 11) is 0. The van der Waals surface area contributed by atoms with Gasteiger partial charge < -0.3 is 0 Å². The summed E-state index contributed by atoms with van der Waals surface area (Å²) in [5.74, 6) is 2.07. The molecule has 61 heavy (non-hydrogen) atoms. The number of rotatable bonds is 7. The summed E-state index contributed by atoms with van der Waals surface area (Å²) >= 11 is 2.47.